The Labute approximate surface area is 215 Å². The molecule has 1 aliphatic heterocycles. The molecule has 204 valence electrons. The van der Waals surface area contributed by atoms with Crippen LogP contribution in [0, 0.1) is 5.82 Å². The average Bonchev–Trinajstić information content (AvgIpc) is 3.25. The van der Waals surface area contributed by atoms with Crippen LogP contribution in [0.4, 0.5) is 23.4 Å². The second-order valence-electron chi connectivity index (χ2n) is 7.85. The molecule has 0 fully saturated rings. The van der Waals surface area contributed by atoms with Gasteiger partial charge in [-0.2, -0.15) is 18.3 Å². The van der Waals surface area contributed by atoms with Gasteiger partial charge in [-0.25, -0.2) is 19.5 Å². The monoisotopic (exact) mass is 547 g/mol. The van der Waals surface area contributed by atoms with Gasteiger partial charge in [-0.1, -0.05) is 18.0 Å². The lowest BCUT2D eigenvalue weighted by Gasteiger charge is -2.25. The van der Waals surface area contributed by atoms with Crippen molar-refractivity contribution in [1.29, 1.82) is 0 Å². The highest BCUT2D eigenvalue weighted by Gasteiger charge is 2.29. The van der Waals surface area contributed by atoms with E-state index in [1.54, 1.807) is 23.4 Å². The lowest BCUT2D eigenvalue weighted by Crippen LogP contribution is -2.47. The first-order valence-corrected chi connectivity index (χ1v) is 11.9. The largest absolute Gasteiger partial charge is 0.400 e. The molecule has 0 bridgehead atoms. The molecule has 15 heteroatoms. The summed E-state index contributed by atoms with van der Waals surface area (Å²) in [5.41, 5.74) is 1.27. The van der Waals surface area contributed by atoms with E-state index in [9.17, 15) is 27.5 Å². The third-order valence-electron chi connectivity index (χ3n) is 5.21. The molecule has 0 radical (unpaired) electrons. The number of aromatic nitrogens is 1. The van der Waals surface area contributed by atoms with E-state index in [1.165, 1.54) is 18.2 Å². The summed E-state index contributed by atoms with van der Waals surface area (Å²) in [7, 11) is 1.00. The zero-order valence-electron chi connectivity index (χ0n) is 20.2. The van der Waals surface area contributed by atoms with E-state index >= 15 is 0 Å². The number of amides is 1. The number of hydrogen-bond donors (Lipinski definition) is 5. The van der Waals surface area contributed by atoms with Crippen LogP contribution in [0.25, 0.3) is 0 Å². The number of amidine groups is 1. The summed E-state index contributed by atoms with van der Waals surface area (Å²) in [5, 5.41) is 23.6. The molecule has 10 nitrogen and oxygen atoms in total. The molecule has 3 rings (SSSR count). The molecule has 1 aromatic carbocycles. The molecule has 37 heavy (non-hydrogen) atoms. The third kappa shape index (κ3) is 8.26. The van der Waals surface area contributed by atoms with Crippen molar-refractivity contribution in [3.05, 3.63) is 58.5 Å². The number of carbonyl (C=O) groups is 1. The number of aliphatic hydroxyl groups excluding tert-OH is 2. The fourth-order valence-electron chi connectivity index (χ4n) is 3.32. The number of pyridine rings is 1. The van der Waals surface area contributed by atoms with Gasteiger partial charge >= 0.3 is 6.18 Å². The lowest BCUT2D eigenvalue weighted by molar-refractivity contribution is -0.129. The number of benzene rings is 1. The number of carbonyl (C=O) groups excluding carboxylic acids is 1. The summed E-state index contributed by atoms with van der Waals surface area (Å²) < 4.78 is 53.5. The van der Waals surface area contributed by atoms with Crippen LogP contribution in [0.1, 0.15) is 40.5 Å². The van der Waals surface area contributed by atoms with E-state index in [0.29, 0.717) is 11.1 Å². The van der Waals surface area contributed by atoms with Crippen LogP contribution in [-0.4, -0.2) is 67.9 Å². The van der Waals surface area contributed by atoms with Crippen molar-refractivity contribution in [2.24, 2.45) is 16.8 Å². The predicted octanol–water partition coefficient (Wildman–Crippen LogP) is 2.17. The molecule has 2 heterocycles. The van der Waals surface area contributed by atoms with Crippen molar-refractivity contribution >= 4 is 29.5 Å². The Morgan fingerprint density at radius 3 is 2.54 bits per heavy atom. The molecule has 1 unspecified atom stereocenters. The van der Waals surface area contributed by atoms with E-state index in [2.05, 4.69) is 15.4 Å². The number of nitrogens with two attached hydrogens (primary N) is 2. The van der Waals surface area contributed by atoms with Crippen LogP contribution >= 0.6 is 11.9 Å². The Morgan fingerprint density at radius 2 is 1.95 bits per heavy atom. The molecular formula is C22H29F4N7O3S. The molecule has 0 saturated heterocycles. The zero-order valence-corrected chi connectivity index (χ0v) is 21.0. The standard InChI is InChI=1S/C21H25F4N7O2S.CH4O/c1-12(11-33)32(27)19(30-26)17-3-2-4-18(28-17)29-20(34)15-7-13-9-31(10-14(13)8-16(15)22)35-6-5-21(23,24)25;1-2/h2-4,7-8,12,33H,5-6,9-11,26-27H2,1H3,(H,28,29,34);2H,1H3/b30-19-;. The third-order valence-corrected chi connectivity index (χ3v) is 6.22. The topological polar surface area (TPSA) is 153 Å². The SMILES string of the molecule is CC(CO)N(N)/C(=N\N)c1cccc(NC(=O)c2cc3c(cc2F)CN(SCCC(F)(F)F)C3)n1.CO. The van der Waals surface area contributed by atoms with Crippen molar-refractivity contribution in [3.63, 3.8) is 0 Å². The number of alkyl halides is 3. The number of nitrogens with zero attached hydrogens (tertiary/aromatic N) is 4. The summed E-state index contributed by atoms with van der Waals surface area (Å²) in [6.45, 7) is 1.95. The van der Waals surface area contributed by atoms with E-state index in [0.717, 1.165) is 24.1 Å². The fraction of sp³-hybridized carbons (Fsp3) is 0.409. The van der Waals surface area contributed by atoms with Crippen LogP contribution in [0.15, 0.2) is 35.4 Å². The van der Waals surface area contributed by atoms with Gasteiger partial charge in [0.1, 0.15) is 17.3 Å². The molecule has 1 atom stereocenters. The van der Waals surface area contributed by atoms with Crippen LogP contribution in [0.3, 0.4) is 0 Å². The van der Waals surface area contributed by atoms with E-state index in [1.807, 2.05) is 0 Å². The van der Waals surface area contributed by atoms with Crippen LogP contribution in [0.5, 0.6) is 0 Å². The van der Waals surface area contributed by atoms with Crippen LogP contribution < -0.4 is 17.0 Å². The van der Waals surface area contributed by atoms with Crippen molar-refractivity contribution in [2.45, 2.75) is 38.7 Å². The van der Waals surface area contributed by atoms with Crippen molar-refractivity contribution in [1.82, 2.24) is 14.3 Å². The highest BCUT2D eigenvalue weighted by molar-refractivity contribution is 7.96. The van der Waals surface area contributed by atoms with Gasteiger partial charge in [0, 0.05) is 26.0 Å². The van der Waals surface area contributed by atoms with Gasteiger partial charge in [-0.3, -0.25) is 9.80 Å². The first-order chi connectivity index (χ1) is 17.5. The zero-order chi connectivity index (χ0) is 27.8. The first-order valence-electron chi connectivity index (χ1n) is 10.9. The number of fused-ring (bicyclic) bond motifs is 1. The van der Waals surface area contributed by atoms with Gasteiger partial charge in [0.15, 0.2) is 5.84 Å². The molecule has 0 saturated carbocycles. The summed E-state index contributed by atoms with van der Waals surface area (Å²) in [4.78, 5) is 17.0. The fourth-order valence-corrected chi connectivity index (χ4v) is 4.36. The van der Waals surface area contributed by atoms with E-state index in [-0.39, 0.29) is 48.4 Å². The van der Waals surface area contributed by atoms with Crippen molar-refractivity contribution in [2.75, 3.05) is 24.8 Å². The quantitative estimate of drug-likeness (QED) is 0.0836. The maximum atomic E-state index is 14.7. The minimum Gasteiger partial charge on any atom is -0.400 e. The molecule has 2 aromatic rings. The minimum absolute atomic E-state index is 0.0643. The minimum atomic E-state index is -4.24. The maximum Gasteiger partial charge on any atom is 0.389 e. The Balaban J connectivity index is 0.00000235. The van der Waals surface area contributed by atoms with Gasteiger partial charge in [0.05, 0.1) is 24.6 Å². The van der Waals surface area contributed by atoms with Crippen molar-refractivity contribution < 1.29 is 32.6 Å². The number of anilines is 1. The molecular weight excluding hydrogens is 518 g/mol. The number of halogens is 4. The summed E-state index contributed by atoms with van der Waals surface area (Å²) in [6, 6.07) is 6.70. The molecule has 0 aliphatic carbocycles. The summed E-state index contributed by atoms with van der Waals surface area (Å²) in [6.07, 6.45) is -5.16. The Kier molecular flexibility index (Phi) is 11.1. The van der Waals surface area contributed by atoms with Crippen LogP contribution in [-0.2, 0) is 13.1 Å². The summed E-state index contributed by atoms with van der Waals surface area (Å²) in [5.74, 6) is 9.84. The normalized spacial score (nSPS) is 14.5. The number of hydrazine groups is 1. The highest BCUT2D eigenvalue weighted by atomic mass is 32.2. The smallest absolute Gasteiger partial charge is 0.389 e. The Bertz CT molecular complexity index is 1100. The molecule has 1 amide bonds. The van der Waals surface area contributed by atoms with Gasteiger partial charge in [-0.15, -0.1) is 0 Å². The average molecular weight is 548 g/mol. The van der Waals surface area contributed by atoms with Crippen LogP contribution in [0.2, 0.25) is 0 Å². The van der Waals surface area contributed by atoms with Gasteiger partial charge in [-0.05, 0) is 42.3 Å². The number of aliphatic hydroxyl groups is 2. The Morgan fingerprint density at radius 1 is 1.30 bits per heavy atom. The van der Waals surface area contributed by atoms with Crippen molar-refractivity contribution in [3.8, 4) is 0 Å². The number of rotatable bonds is 8. The highest BCUT2D eigenvalue weighted by Crippen LogP contribution is 2.32. The van der Waals surface area contributed by atoms with Gasteiger partial charge in [0.25, 0.3) is 5.91 Å². The Hall–Kier alpha value is -2.98. The van der Waals surface area contributed by atoms with E-state index in [4.69, 9.17) is 16.8 Å². The van der Waals surface area contributed by atoms with Gasteiger partial charge < -0.3 is 21.4 Å². The molecule has 1 aliphatic rings. The second-order valence-corrected chi connectivity index (χ2v) is 9.03. The van der Waals surface area contributed by atoms with Gasteiger partial charge in [0.2, 0.25) is 0 Å². The second kappa shape index (κ2) is 13.5. The number of hydrazone groups is 1. The first kappa shape index (κ1) is 30.2. The molecule has 0 spiro atoms. The van der Waals surface area contributed by atoms with E-state index < -0.39 is 30.4 Å². The summed E-state index contributed by atoms with van der Waals surface area (Å²) >= 11 is 1.03. The number of hydrogen-bond acceptors (Lipinski definition) is 9. The predicted molar refractivity (Wildman–Crippen MR) is 132 cm³/mol. The lowest BCUT2D eigenvalue weighted by atomic mass is 10.1. The number of nitrogens with one attached hydrogen (secondary N) is 1. The molecule has 1 aromatic heterocycles. The maximum absolute atomic E-state index is 14.7. The molecule has 7 N–H and O–H groups in total.